The maximum absolute atomic E-state index is 6.22. The molecule has 1 aromatic carbocycles. The minimum absolute atomic E-state index is 0.239. The van der Waals surface area contributed by atoms with Gasteiger partial charge in [0.1, 0.15) is 5.15 Å². The van der Waals surface area contributed by atoms with E-state index in [2.05, 4.69) is 55.7 Å². The quantitative estimate of drug-likeness (QED) is 0.544. The first-order valence-corrected chi connectivity index (χ1v) is 7.92. The van der Waals surface area contributed by atoms with E-state index in [1.54, 1.807) is 0 Å². The maximum Gasteiger partial charge on any atom is 0.162 e. The van der Waals surface area contributed by atoms with E-state index in [0.717, 1.165) is 20.2 Å². The van der Waals surface area contributed by atoms with Crippen LogP contribution in [0.2, 0.25) is 10.2 Å². The monoisotopic (exact) mass is 422 g/mol. The van der Waals surface area contributed by atoms with Gasteiger partial charge in [0.15, 0.2) is 5.82 Å². The van der Waals surface area contributed by atoms with Crippen LogP contribution in [0.4, 0.5) is 0 Å². The number of hydrogen-bond acceptors (Lipinski definition) is 2. The van der Waals surface area contributed by atoms with Crippen molar-refractivity contribution in [1.29, 1.82) is 0 Å². The summed E-state index contributed by atoms with van der Waals surface area (Å²) in [6, 6.07) is 5.58. The Bertz CT molecular complexity index is 630. The normalized spacial score (nSPS) is 11.1. The molecular weight excluding hydrogens is 415 g/mol. The van der Waals surface area contributed by atoms with Gasteiger partial charge in [-0.1, -0.05) is 53.0 Å². The van der Waals surface area contributed by atoms with Gasteiger partial charge in [0.2, 0.25) is 0 Å². The first-order chi connectivity index (χ1) is 8.90. The van der Waals surface area contributed by atoms with Crippen molar-refractivity contribution < 1.29 is 0 Å². The van der Waals surface area contributed by atoms with Crippen LogP contribution in [0.5, 0.6) is 0 Å². The lowest BCUT2D eigenvalue weighted by Crippen LogP contribution is -2.00. The first-order valence-electron chi connectivity index (χ1n) is 5.58. The molecule has 0 fully saturated rings. The predicted molar refractivity (Wildman–Crippen MR) is 87.0 cm³/mol. The van der Waals surface area contributed by atoms with Crippen LogP contribution in [0.1, 0.15) is 25.5 Å². The highest BCUT2D eigenvalue weighted by Crippen LogP contribution is 2.34. The highest BCUT2D eigenvalue weighted by molar-refractivity contribution is 9.10. The van der Waals surface area contributed by atoms with Gasteiger partial charge in [0.05, 0.1) is 15.2 Å². The molecular formula is C13H10Br2Cl2N2. The van der Waals surface area contributed by atoms with Crippen LogP contribution in [0.3, 0.4) is 0 Å². The lowest BCUT2D eigenvalue weighted by molar-refractivity contribution is 0.809. The molecule has 0 aliphatic rings. The van der Waals surface area contributed by atoms with E-state index in [4.69, 9.17) is 23.2 Å². The summed E-state index contributed by atoms with van der Waals surface area (Å²) in [4.78, 5) is 8.84. The van der Waals surface area contributed by atoms with Crippen LogP contribution >= 0.6 is 55.1 Å². The molecule has 2 aromatic rings. The molecule has 2 rings (SSSR count). The Morgan fingerprint density at radius 3 is 2.37 bits per heavy atom. The molecule has 1 heterocycles. The lowest BCUT2D eigenvalue weighted by atomic mass is 10.1. The lowest BCUT2D eigenvalue weighted by Gasteiger charge is -2.11. The van der Waals surface area contributed by atoms with Gasteiger partial charge < -0.3 is 0 Å². The topological polar surface area (TPSA) is 25.8 Å². The maximum atomic E-state index is 6.22. The fourth-order valence-corrected chi connectivity index (χ4v) is 3.18. The Morgan fingerprint density at radius 2 is 1.79 bits per heavy atom. The molecule has 0 amide bonds. The second-order valence-corrected chi connectivity index (χ2v) is 6.79. The second-order valence-electron chi connectivity index (χ2n) is 4.32. The van der Waals surface area contributed by atoms with Gasteiger partial charge in [-0.2, -0.15) is 0 Å². The number of nitrogens with zero attached hydrogens (tertiary/aromatic N) is 2. The SMILES string of the molecule is CC(C)c1nc(-c2ccc(Br)cc2Cl)nc(Cl)c1Br. The molecule has 0 radical (unpaired) electrons. The summed E-state index contributed by atoms with van der Waals surface area (Å²) in [6.45, 7) is 4.10. The van der Waals surface area contributed by atoms with Gasteiger partial charge in [-0.15, -0.1) is 0 Å². The summed E-state index contributed by atoms with van der Waals surface area (Å²) in [6.07, 6.45) is 0. The van der Waals surface area contributed by atoms with Gasteiger partial charge in [-0.25, -0.2) is 9.97 Å². The molecule has 0 N–H and O–H groups in total. The van der Waals surface area contributed by atoms with E-state index in [-0.39, 0.29) is 5.92 Å². The van der Waals surface area contributed by atoms with E-state index < -0.39 is 0 Å². The summed E-state index contributed by atoms with van der Waals surface area (Å²) < 4.78 is 1.65. The first kappa shape index (κ1) is 15.2. The number of hydrogen-bond donors (Lipinski definition) is 0. The Morgan fingerprint density at radius 1 is 1.11 bits per heavy atom. The van der Waals surface area contributed by atoms with Crippen molar-refractivity contribution in [2.24, 2.45) is 0 Å². The van der Waals surface area contributed by atoms with Crippen molar-refractivity contribution in [2.75, 3.05) is 0 Å². The van der Waals surface area contributed by atoms with E-state index in [0.29, 0.717) is 16.0 Å². The van der Waals surface area contributed by atoms with Gasteiger partial charge in [0, 0.05) is 10.0 Å². The van der Waals surface area contributed by atoms with E-state index in [9.17, 15) is 0 Å². The zero-order chi connectivity index (χ0) is 14.2. The summed E-state index contributed by atoms with van der Waals surface area (Å²) in [5, 5.41) is 0.982. The van der Waals surface area contributed by atoms with Crippen LogP contribution in [0.25, 0.3) is 11.4 Å². The molecule has 0 saturated heterocycles. The van der Waals surface area contributed by atoms with Crippen LogP contribution in [-0.2, 0) is 0 Å². The molecule has 6 heteroatoms. The number of halogens is 4. The molecule has 0 saturated carbocycles. The van der Waals surface area contributed by atoms with Crippen LogP contribution < -0.4 is 0 Å². The molecule has 0 atom stereocenters. The highest BCUT2D eigenvalue weighted by atomic mass is 79.9. The molecule has 100 valence electrons. The molecule has 1 aromatic heterocycles. The summed E-state index contributed by atoms with van der Waals surface area (Å²) in [7, 11) is 0. The predicted octanol–water partition coefficient (Wildman–Crippen LogP) is 6.10. The van der Waals surface area contributed by atoms with Gasteiger partial charge >= 0.3 is 0 Å². The Balaban J connectivity index is 2.63. The van der Waals surface area contributed by atoms with Crippen LogP contribution in [0.15, 0.2) is 27.1 Å². The van der Waals surface area contributed by atoms with Crippen LogP contribution in [-0.4, -0.2) is 9.97 Å². The van der Waals surface area contributed by atoms with E-state index in [1.807, 2.05) is 18.2 Å². The van der Waals surface area contributed by atoms with Crippen molar-refractivity contribution in [3.8, 4) is 11.4 Å². The Kier molecular flexibility index (Phi) is 4.88. The molecule has 19 heavy (non-hydrogen) atoms. The zero-order valence-corrected chi connectivity index (χ0v) is 14.9. The number of benzene rings is 1. The average Bonchev–Trinajstić information content (AvgIpc) is 2.32. The summed E-state index contributed by atoms with van der Waals surface area (Å²) >= 11 is 19.2. The Hall–Kier alpha value is -0.160. The molecule has 0 unspecified atom stereocenters. The summed E-state index contributed by atoms with van der Waals surface area (Å²) in [5.41, 5.74) is 1.63. The highest BCUT2D eigenvalue weighted by Gasteiger charge is 2.16. The Labute approximate surface area is 138 Å². The molecule has 0 spiro atoms. The third-order valence-corrected chi connectivity index (χ3v) is 4.64. The zero-order valence-electron chi connectivity index (χ0n) is 10.2. The van der Waals surface area contributed by atoms with Gasteiger partial charge in [0.25, 0.3) is 0 Å². The minimum Gasteiger partial charge on any atom is -0.231 e. The van der Waals surface area contributed by atoms with Crippen LogP contribution in [0, 0.1) is 0 Å². The average molecular weight is 425 g/mol. The van der Waals surface area contributed by atoms with Crippen molar-refractivity contribution in [3.63, 3.8) is 0 Å². The summed E-state index contributed by atoms with van der Waals surface area (Å²) in [5.74, 6) is 0.775. The number of rotatable bonds is 2. The van der Waals surface area contributed by atoms with Crippen molar-refractivity contribution in [3.05, 3.63) is 43.0 Å². The molecule has 2 nitrogen and oxygen atoms in total. The third kappa shape index (κ3) is 3.30. The largest absolute Gasteiger partial charge is 0.231 e. The van der Waals surface area contributed by atoms with Crippen molar-refractivity contribution in [1.82, 2.24) is 9.97 Å². The smallest absolute Gasteiger partial charge is 0.162 e. The molecule has 0 bridgehead atoms. The van der Waals surface area contributed by atoms with Crippen molar-refractivity contribution in [2.45, 2.75) is 19.8 Å². The molecule has 0 aliphatic heterocycles. The third-order valence-electron chi connectivity index (χ3n) is 2.56. The van der Waals surface area contributed by atoms with E-state index in [1.165, 1.54) is 0 Å². The standard InChI is InChI=1S/C13H10Br2Cl2N2/c1-6(2)11-10(15)12(17)19-13(18-11)8-4-3-7(14)5-9(8)16/h3-6H,1-2H3. The number of aromatic nitrogens is 2. The van der Waals surface area contributed by atoms with Gasteiger partial charge in [-0.3, -0.25) is 0 Å². The van der Waals surface area contributed by atoms with Gasteiger partial charge in [-0.05, 0) is 40.0 Å². The fraction of sp³-hybridized carbons (Fsp3) is 0.231. The van der Waals surface area contributed by atoms with E-state index >= 15 is 0 Å². The minimum atomic E-state index is 0.239. The second kappa shape index (κ2) is 6.08. The fourth-order valence-electron chi connectivity index (χ4n) is 1.61. The molecule has 0 aliphatic carbocycles. The van der Waals surface area contributed by atoms with Crippen molar-refractivity contribution >= 4 is 55.1 Å².